The first-order valence-corrected chi connectivity index (χ1v) is 25.4. The number of nitrogens with two attached hydrogens (primary N) is 3. The van der Waals surface area contributed by atoms with Gasteiger partial charge in [0.25, 0.3) is 0 Å². The maximum Gasteiger partial charge on any atom is 0.325 e. The number of fused-ring (bicyclic) bond motifs is 5. The molecule has 17 heteroatoms. The number of nitrogens with one attached hydrogen (secondary N) is 3. The molecule has 3 amide bonds. The summed E-state index contributed by atoms with van der Waals surface area (Å²) in [5, 5.41) is 7.93. The predicted octanol–water partition coefficient (Wildman–Crippen LogP) is 4.06. The van der Waals surface area contributed by atoms with Gasteiger partial charge in [-0.15, -0.1) is 0 Å². The Kier molecular flexibility index (Phi) is 19.2. The van der Waals surface area contributed by atoms with Gasteiger partial charge in [0, 0.05) is 17.8 Å². The number of amides is 3. The van der Waals surface area contributed by atoms with E-state index in [1.54, 1.807) is 0 Å². The molecule has 4 aliphatic carbocycles. The maximum absolute atomic E-state index is 13.9. The van der Waals surface area contributed by atoms with Crippen LogP contribution in [0.3, 0.4) is 0 Å². The van der Waals surface area contributed by atoms with E-state index in [2.05, 4.69) is 36.7 Å². The highest BCUT2D eigenvalue weighted by Crippen LogP contribution is 2.69. The second-order valence-electron chi connectivity index (χ2n) is 22.0. The molecule has 4 saturated carbocycles. The summed E-state index contributed by atoms with van der Waals surface area (Å²) in [7, 11) is 0. The molecule has 3 unspecified atom stereocenters. The van der Waals surface area contributed by atoms with Crippen molar-refractivity contribution in [3.05, 3.63) is 35.9 Å². The molecule has 5 rings (SSSR count). The van der Waals surface area contributed by atoms with Crippen molar-refractivity contribution in [2.24, 2.45) is 81.3 Å². The van der Waals surface area contributed by atoms with Gasteiger partial charge in [0.1, 0.15) is 44.6 Å². The molecule has 4 aliphatic rings. The number of esters is 4. The largest absolute Gasteiger partial charge is 0.461 e. The van der Waals surface area contributed by atoms with Crippen LogP contribution in [0.1, 0.15) is 126 Å². The lowest BCUT2D eigenvalue weighted by Gasteiger charge is -2.64. The summed E-state index contributed by atoms with van der Waals surface area (Å²) in [6.07, 6.45) is 3.24. The second-order valence-corrected chi connectivity index (χ2v) is 22.0. The van der Waals surface area contributed by atoms with E-state index in [-0.39, 0.29) is 97.3 Å². The third-order valence-corrected chi connectivity index (χ3v) is 16.6. The highest BCUT2D eigenvalue weighted by molar-refractivity contribution is 5.87. The lowest BCUT2D eigenvalue weighted by atomic mass is 9.43. The highest BCUT2D eigenvalue weighted by atomic mass is 16.6. The molecule has 9 N–H and O–H groups in total. The minimum Gasteiger partial charge on any atom is -0.461 e. The van der Waals surface area contributed by atoms with Crippen LogP contribution < -0.4 is 33.2 Å². The molecule has 0 saturated heterocycles. The van der Waals surface area contributed by atoms with E-state index in [1.165, 1.54) is 0 Å². The zero-order valence-corrected chi connectivity index (χ0v) is 42.5. The van der Waals surface area contributed by atoms with Crippen molar-refractivity contribution < 1.29 is 52.5 Å². The summed E-state index contributed by atoms with van der Waals surface area (Å²) in [5.74, 6) is -4.25. The zero-order chi connectivity index (χ0) is 51.0. The molecule has 0 radical (unpaired) electrons. The summed E-state index contributed by atoms with van der Waals surface area (Å²) in [5.41, 5.74) is 18.1. The van der Waals surface area contributed by atoms with E-state index in [0.717, 1.165) is 18.4 Å². The molecular formula is C52H82N6O11. The average molecular weight is 967 g/mol. The van der Waals surface area contributed by atoms with Gasteiger partial charge in [-0.1, -0.05) is 92.6 Å². The molecule has 1 aromatic rings. The monoisotopic (exact) mass is 967 g/mol. The number of hydrogen-bond donors (Lipinski definition) is 6. The Labute approximate surface area is 408 Å². The third kappa shape index (κ3) is 13.4. The van der Waals surface area contributed by atoms with Crippen LogP contribution in [0.4, 0.5) is 0 Å². The zero-order valence-electron chi connectivity index (χ0n) is 42.5. The van der Waals surface area contributed by atoms with Crippen molar-refractivity contribution in [1.29, 1.82) is 0 Å². The van der Waals surface area contributed by atoms with Crippen molar-refractivity contribution in [3.63, 3.8) is 0 Å². The summed E-state index contributed by atoms with van der Waals surface area (Å²) in [4.78, 5) is 92.3. The topological polar surface area (TPSA) is 271 Å². The van der Waals surface area contributed by atoms with E-state index in [1.807, 2.05) is 71.9 Å². The number of carbonyl (C=O) groups is 7. The standard InChI is InChI=1S/C52H82N6O11/c1-28(2)45(53)48(63)56-24-41(60)67-34-19-20-51(8)33(21-34)22-38(68-42(61)25-57-49(64)46(54)29(3)4)44-36-17-16-35(31(7)15-18-40(59)66-27-32-13-11-10-12-14-32)52(36,9)39(23-37(44)51)69-43(62)26-58-50(65)47(55)30(5)6/h10-14,28-31,33-39,44-47H,15-27,53-55H2,1-9H3,(H,56,63)(H,57,64)(H,58,65)/t31-,33+,34-,35-,36+,37+,38-,39+,44+,45?,46?,47?,51+,52-/m1/s1. The molecule has 14 atom stereocenters. The Hall–Kier alpha value is -4.61. The van der Waals surface area contributed by atoms with Crippen molar-refractivity contribution in [2.45, 2.75) is 163 Å². The van der Waals surface area contributed by atoms with Crippen LogP contribution in [0.5, 0.6) is 0 Å². The van der Waals surface area contributed by atoms with Gasteiger partial charge in [0.2, 0.25) is 17.7 Å². The highest BCUT2D eigenvalue weighted by Gasteiger charge is 2.68. The van der Waals surface area contributed by atoms with Crippen LogP contribution in [0.25, 0.3) is 0 Å². The quantitative estimate of drug-likeness (QED) is 0.0750. The van der Waals surface area contributed by atoms with Crippen LogP contribution >= 0.6 is 0 Å². The van der Waals surface area contributed by atoms with Crippen LogP contribution in [0, 0.1) is 64.1 Å². The van der Waals surface area contributed by atoms with Crippen LogP contribution in [-0.2, 0) is 59.1 Å². The van der Waals surface area contributed by atoms with Crippen LogP contribution in [0.15, 0.2) is 30.3 Å². The fourth-order valence-corrected chi connectivity index (χ4v) is 12.2. The van der Waals surface area contributed by atoms with Gasteiger partial charge in [0.15, 0.2) is 0 Å². The number of rotatable bonds is 21. The molecule has 4 fully saturated rings. The van der Waals surface area contributed by atoms with Gasteiger partial charge in [-0.3, -0.25) is 33.6 Å². The Morgan fingerprint density at radius 2 is 1.16 bits per heavy atom. The summed E-state index contributed by atoms with van der Waals surface area (Å²) in [6.45, 7) is 16.6. The molecule has 69 heavy (non-hydrogen) atoms. The lowest BCUT2D eigenvalue weighted by molar-refractivity contribution is -0.225. The van der Waals surface area contributed by atoms with Crippen molar-refractivity contribution in [2.75, 3.05) is 19.6 Å². The fourth-order valence-electron chi connectivity index (χ4n) is 12.2. The van der Waals surface area contributed by atoms with E-state index in [0.29, 0.717) is 38.5 Å². The fraction of sp³-hybridized carbons (Fsp3) is 0.750. The van der Waals surface area contributed by atoms with Crippen molar-refractivity contribution >= 4 is 41.6 Å². The summed E-state index contributed by atoms with van der Waals surface area (Å²) < 4.78 is 24.7. The molecule has 0 aliphatic heterocycles. The first kappa shape index (κ1) is 55.3. The van der Waals surface area contributed by atoms with Crippen molar-refractivity contribution in [1.82, 2.24) is 16.0 Å². The maximum atomic E-state index is 13.9. The molecule has 0 spiro atoms. The molecule has 0 heterocycles. The van der Waals surface area contributed by atoms with E-state index < -0.39 is 77.5 Å². The van der Waals surface area contributed by atoms with E-state index >= 15 is 0 Å². The van der Waals surface area contributed by atoms with Gasteiger partial charge in [0.05, 0.1) is 18.1 Å². The Morgan fingerprint density at radius 1 is 0.638 bits per heavy atom. The Morgan fingerprint density at radius 3 is 1.70 bits per heavy atom. The lowest BCUT2D eigenvalue weighted by Crippen LogP contribution is -2.64. The van der Waals surface area contributed by atoms with E-state index in [4.69, 9.17) is 36.1 Å². The smallest absolute Gasteiger partial charge is 0.325 e. The molecule has 17 nitrogen and oxygen atoms in total. The molecular weight excluding hydrogens is 885 g/mol. The number of ether oxygens (including phenoxy) is 4. The molecule has 0 bridgehead atoms. The van der Waals surface area contributed by atoms with Gasteiger partial charge < -0.3 is 52.1 Å². The second kappa shape index (κ2) is 24.0. The third-order valence-electron chi connectivity index (χ3n) is 16.6. The molecule has 1 aromatic carbocycles. The van der Waals surface area contributed by atoms with Crippen LogP contribution in [0.2, 0.25) is 0 Å². The van der Waals surface area contributed by atoms with Gasteiger partial charge in [-0.2, -0.15) is 0 Å². The summed E-state index contributed by atoms with van der Waals surface area (Å²) >= 11 is 0. The number of benzene rings is 1. The number of hydrogen-bond acceptors (Lipinski definition) is 14. The van der Waals surface area contributed by atoms with Crippen LogP contribution in [-0.4, -0.2) is 97.7 Å². The first-order chi connectivity index (χ1) is 32.5. The Bertz CT molecular complexity index is 1970. The average Bonchev–Trinajstić information content (AvgIpc) is 3.68. The van der Waals surface area contributed by atoms with Gasteiger partial charge in [-0.05, 0) is 110 Å². The summed E-state index contributed by atoms with van der Waals surface area (Å²) in [6, 6.07) is 7.14. The molecule has 0 aromatic heterocycles. The minimum atomic E-state index is -0.804. The van der Waals surface area contributed by atoms with Gasteiger partial charge in [-0.25, -0.2) is 0 Å². The minimum absolute atomic E-state index is 0.00320. The van der Waals surface area contributed by atoms with Gasteiger partial charge >= 0.3 is 23.9 Å². The van der Waals surface area contributed by atoms with Crippen molar-refractivity contribution in [3.8, 4) is 0 Å². The molecule has 386 valence electrons. The predicted molar refractivity (Wildman–Crippen MR) is 258 cm³/mol. The Balaban J connectivity index is 1.43. The first-order valence-electron chi connectivity index (χ1n) is 25.4. The SMILES string of the molecule is CC(C)C(N)C(=O)NCC(=O)O[C@@H]1CC[C@@]2(C)[C@@H](C1)C[C@@H](OC(=O)CNC(=O)C(N)C(C)C)[C@@H]1[C@@H]2C[C@H](OC(=O)CNC(=O)C(N)C(C)C)[C@]2(C)[C@@H]([C@H](C)CCC(=O)OCc3ccccc3)CC[C@@H]12. The normalized spacial score (nSPS) is 30.1. The number of carbonyl (C=O) groups excluding carboxylic acids is 7. The van der Waals surface area contributed by atoms with E-state index in [9.17, 15) is 33.6 Å².